The van der Waals surface area contributed by atoms with E-state index in [1.54, 1.807) is 19.1 Å². The number of halogens is 1. The van der Waals surface area contributed by atoms with Crippen LogP contribution in [-0.4, -0.2) is 19.5 Å². The van der Waals surface area contributed by atoms with E-state index in [0.717, 1.165) is 5.56 Å². The fourth-order valence-corrected chi connectivity index (χ4v) is 3.72. The first-order chi connectivity index (χ1) is 10.8. The van der Waals surface area contributed by atoms with Crippen LogP contribution in [0, 0.1) is 6.92 Å². The molecule has 0 bridgehead atoms. The number of carbonyl (C=O) groups excluding carboxylic acids is 1. The molecule has 0 unspecified atom stereocenters. The molecule has 23 heavy (non-hydrogen) atoms. The van der Waals surface area contributed by atoms with E-state index in [4.69, 9.17) is 4.52 Å². The summed E-state index contributed by atoms with van der Waals surface area (Å²) >= 11 is 3.15. The molecule has 8 heteroatoms. The molecule has 0 fully saturated rings. The Hall–Kier alpha value is -1.67. The third-order valence-electron chi connectivity index (χ3n) is 3.43. The topological polar surface area (TPSA) is 89.3 Å². The predicted octanol–water partition coefficient (Wildman–Crippen LogP) is 2.99. The number of hydrogen-bond acceptors (Lipinski definition) is 5. The molecule has 1 N–H and O–H groups in total. The van der Waals surface area contributed by atoms with Crippen LogP contribution in [0.15, 0.2) is 32.1 Å². The van der Waals surface area contributed by atoms with Crippen molar-refractivity contribution in [1.29, 1.82) is 0 Å². The molecule has 0 saturated heterocycles. The average molecular weight is 401 g/mol. The molecule has 0 saturated carbocycles. The maximum absolute atomic E-state index is 12.6. The van der Waals surface area contributed by atoms with E-state index in [2.05, 4.69) is 21.1 Å². The Balaban J connectivity index is 2.39. The minimum absolute atomic E-state index is 0.111. The molecule has 0 aliphatic rings. The number of aromatic nitrogens is 1. The Kier molecular flexibility index (Phi) is 5.26. The van der Waals surface area contributed by atoms with E-state index >= 15 is 0 Å². The van der Waals surface area contributed by atoms with Crippen LogP contribution in [0.4, 0.5) is 0 Å². The summed E-state index contributed by atoms with van der Waals surface area (Å²) in [7, 11) is -4.00. The van der Waals surface area contributed by atoms with Crippen LogP contribution < -0.4 is 4.72 Å². The number of sulfonamides is 1. The maximum Gasteiger partial charge on any atom is 0.304 e. The van der Waals surface area contributed by atoms with E-state index in [1.807, 2.05) is 24.6 Å². The second-order valence-corrected chi connectivity index (χ2v) is 7.44. The molecule has 0 spiro atoms. The number of nitrogens with zero attached hydrogens (tertiary/aromatic N) is 1. The van der Waals surface area contributed by atoms with E-state index in [-0.39, 0.29) is 10.7 Å². The van der Waals surface area contributed by atoms with Gasteiger partial charge in [0.1, 0.15) is 0 Å². The smallest absolute Gasteiger partial charge is 0.304 e. The van der Waals surface area contributed by atoms with Crippen molar-refractivity contribution in [2.75, 3.05) is 0 Å². The van der Waals surface area contributed by atoms with Crippen molar-refractivity contribution in [3.8, 4) is 0 Å². The Morgan fingerprint density at radius 3 is 2.52 bits per heavy atom. The fraction of sp³-hybridized carbons (Fsp3) is 0.333. The quantitative estimate of drug-likeness (QED) is 0.832. The van der Waals surface area contributed by atoms with Gasteiger partial charge in [-0.25, -0.2) is 13.1 Å². The molecule has 0 radical (unpaired) electrons. The molecule has 0 aliphatic carbocycles. The Morgan fingerprint density at radius 2 is 2.00 bits per heavy atom. The van der Waals surface area contributed by atoms with Crippen LogP contribution in [0.5, 0.6) is 0 Å². The predicted molar refractivity (Wildman–Crippen MR) is 88.8 cm³/mol. The van der Waals surface area contributed by atoms with Crippen molar-refractivity contribution in [3.05, 3.63) is 45.3 Å². The first kappa shape index (κ1) is 17.7. The SMILES string of the molecule is CCc1ccc(CC)c(S(=O)(=O)NC(=O)c2onc(C)c2Br)c1. The van der Waals surface area contributed by atoms with Gasteiger partial charge in [0.15, 0.2) is 0 Å². The molecular weight excluding hydrogens is 384 g/mol. The second kappa shape index (κ2) is 6.84. The van der Waals surface area contributed by atoms with Gasteiger partial charge in [-0.05, 0) is 52.9 Å². The molecular formula is C15H17BrN2O4S. The Labute approximate surface area is 143 Å². The van der Waals surface area contributed by atoms with E-state index < -0.39 is 15.9 Å². The third kappa shape index (κ3) is 3.64. The number of rotatable bonds is 5. The number of carbonyl (C=O) groups is 1. The summed E-state index contributed by atoms with van der Waals surface area (Å²) < 4.78 is 32.4. The molecule has 1 heterocycles. The van der Waals surface area contributed by atoms with Gasteiger partial charge in [0.05, 0.1) is 15.1 Å². The van der Waals surface area contributed by atoms with Gasteiger partial charge in [0, 0.05) is 0 Å². The lowest BCUT2D eigenvalue weighted by Gasteiger charge is -2.11. The third-order valence-corrected chi connectivity index (χ3v) is 5.78. The molecule has 2 rings (SSSR count). The van der Waals surface area contributed by atoms with Crippen molar-refractivity contribution in [1.82, 2.24) is 9.88 Å². The van der Waals surface area contributed by atoms with Crippen molar-refractivity contribution in [2.45, 2.75) is 38.5 Å². The summed E-state index contributed by atoms with van der Waals surface area (Å²) in [5.41, 5.74) is 2.00. The number of amides is 1. The van der Waals surface area contributed by atoms with Crippen molar-refractivity contribution in [2.24, 2.45) is 0 Å². The van der Waals surface area contributed by atoms with Crippen LogP contribution in [0.25, 0.3) is 0 Å². The number of hydrogen-bond donors (Lipinski definition) is 1. The van der Waals surface area contributed by atoms with Gasteiger partial charge in [-0.1, -0.05) is 31.1 Å². The highest BCUT2D eigenvalue weighted by Crippen LogP contribution is 2.22. The summed E-state index contributed by atoms with van der Waals surface area (Å²) in [6, 6.07) is 5.25. The van der Waals surface area contributed by atoms with Gasteiger partial charge in [-0.15, -0.1) is 0 Å². The average Bonchev–Trinajstić information content (AvgIpc) is 2.86. The Bertz CT molecular complexity index is 843. The first-order valence-electron chi connectivity index (χ1n) is 7.10. The molecule has 2 aromatic rings. The highest BCUT2D eigenvalue weighted by atomic mass is 79.9. The van der Waals surface area contributed by atoms with Crippen LogP contribution in [-0.2, 0) is 22.9 Å². The standard InChI is InChI=1S/C15H17BrN2O4S/c1-4-10-6-7-11(5-2)12(8-10)23(20,21)18-15(19)14-13(16)9(3)17-22-14/h6-8H,4-5H2,1-3H3,(H,18,19). The monoisotopic (exact) mass is 400 g/mol. The fourth-order valence-electron chi connectivity index (χ4n) is 2.08. The molecule has 1 aromatic carbocycles. The summed E-state index contributed by atoms with van der Waals surface area (Å²) in [4.78, 5) is 12.3. The van der Waals surface area contributed by atoms with Crippen LogP contribution in [0.2, 0.25) is 0 Å². The lowest BCUT2D eigenvalue weighted by Crippen LogP contribution is -2.31. The first-order valence-corrected chi connectivity index (χ1v) is 9.38. The van der Waals surface area contributed by atoms with E-state index in [0.29, 0.717) is 28.6 Å². The molecule has 124 valence electrons. The molecule has 0 atom stereocenters. The van der Waals surface area contributed by atoms with Gasteiger partial charge < -0.3 is 4.52 Å². The molecule has 1 amide bonds. The zero-order valence-corrected chi connectivity index (χ0v) is 15.4. The van der Waals surface area contributed by atoms with E-state index in [9.17, 15) is 13.2 Å². The lowest BCUT2D eigenvalue weighted by molar-refractivity contribution is 0.0944. The van der Waals surface area contributed by atoms with Gasteiger partial charge >= 0.3 is 5.91 Å². The summed E-state index contributed by atoms with van der Waals surface area (Å²) in [6.45, 7) is 5.43. The van der Waals surface area contributed by atoms with Crippen molar-refractivity contribution in [3.63, 3.8) is 0 Å². The zero-order chi connectivity index (χ0) is 17.2. The van der Waals surface area contributed by atoms with Crippen LogP contribution in [0.1, 0.15) is 41.2 Å². The van der Waals surface area contributed by atoms with Crippen LogP contribution >= 0.6 is 15.9 Å². The second-order valence-electron chi connectivity index (χ2n) is 4.99. The number of nitrogens with one attached hydrogen (secondary N) is 1. The zero-order valence-electron chi connectivity index (χ0n) is 13.0. The summed E-state index contributed by atoms with van der Waals surface area (Å²) in [5, 5.41) is 3.62. The molecule has 1 aromatic heterocycles. The van der Waals surface area contributed by atoms with Crippen molar-refractivity contribution < 1.29 is 17.7 Å². The van der Waals surface area contributed by atoms with Gasteiger partial charge in [-0.3, -0.25) is 4.79 Å². The summed E-state index contributed by atoms with van der Waals surface area (Å²) in [5.74, 6) is -1.03. The minimum Gasteiger partial charge on any atom is -0.349 e. The van der Waals surface area contributed by atoms with Gasteiger partial charge in [0.2, 0.25) is 5.76 Å². The van der Waals surface area contributed by atoms with Crippen molar-refractivity contribution >= 4 is 31.9 Å². The number of aryl methyl sites for hydroxylation is 3. The highest BCUT2D eigenvalue weighted by Gasteiger charge is 2.26. The molecule has 6 nitrogen and oxygen atoms in total. The number of benzene rings is 1. The van der Waals surface area contributed by atoms with Gasteiger partial charge in [-0.2, -0.15) is 0 Å². The lowest BCUT2D eigenvalue weighted by atomic mass is 10.1. The van der Waals surface area contributed by atoms with Crippen LogP contribution in [0.3, 0.4) is 0 Å². The summed E-state index contributed by atoms with van der Waals surface area (Å²) in [6.07, 6.45) is 1.24. The largest absolute Gasteiger partial charge is 0.349 e. The maximum atomic E-state index is 12.6. The highest BCUT2D eigenvalue weighted by molar-refractivity contribution is 9.10. The normalized spacial score (nSPS) is 11.5. The minimum atomic E-state index is -4.00. The van der Waals surface area contributed by atoms with Gasteiger partial charge in [0.25, 0.3) is 10.0 Å². The Morgan fingerprint density at radius 1 is 1.30 bits per heavy atom. The van der Waals surface area contributed by atoms with E-state index in [1.165, 1.54) is 0 Å². The molecule has 0 aliphatic heterocycles.